The Kier molecular flexibility index (Phi) is 38.4. The lowest BCUT2D eigenvalue weighted by Crippen LogP contribution is -2.02. The van der Waals surface area contributed by atoms with Crippen LogP contribution < -0.4 is 0 Å². The molecule has 1 unspecified atom stereocenters. The molecule has 0 spiro atoms. The van der Waals surface area contributed by atoms with Crippen molar-refractivity contribution in [2.45, 2.75) is 129 Å². The summed E-state index contributed by atoms with van der Waals surface area (Å²) in [6.07, 6.45) is 15.4. The first-order chi connectivity index (χ1) is 15.2. The highest BCUT2D eigenvalue weighted by Gasteiger charge is 2.06. The van der Waals surface area contributed by atoms with Crippen LogP contribution in [0.15, 0.2) is 72.9 Å². The molecule has 0 saturated heterocycles. The van der Waals surface area contributed by atoms with E-state index in [-0.39, 0.29) is 0 Å². The van der Waals surface area contributed by atoms with E-state index in [2.05, 4.69) is 122 Å². The van der Waals surface area contributed by atoms with Crippen LogP contribution in [-0.2, 0) is 0 Å². The molecule has 0 fully saturated rings. The highest BCUT2D eigenvalue weighted by atomic mass is 14.1. The maximum atomic E-state index is 3.83. The fraction of sp³-hybridized carbons (Fsp3) is 0.636. The zero-order valence-electron chi connectivity index (χ0n) is 25.5. The summed E-state index contributed by atoms with van der Waals surface area (Å²) >= 11 is 0. The summed E-state index contributed by atoms with van der Waals surface area (Å²) in [5.74, 6) is 0.708. The molecular weight excluding hydrogens is 396 g/mol. The molecule has 0 aliphatic rings. The van der Waals surface area contributed by atoms with Crippen LogP contribution in [0.25, 0.3) is 0 Å². The van der Waals surface area contributed by atoms with E-state index in [1.165, 1.54) is 55.2 Å². The lowest BCUT2D eigenvalue weighted by molar-refractivity contribution is 0.463. The standard InChI is InChI=1S/4C7H14.C5H8/c1-5-7(3,4)6-2;1-5-7(4)6(2)3;2*1-4-6-7(3)5-2;1-4-5(2)3/h5H,1,6H2,2-4H3;7H,2,5H2,1,3-4H3;2*6H,4-5H2,1-3H3;4H,1-2H2,3H3/b;;7-6+;7-6-;. The van der Waals surface area contributed by atoms with Gasteiger partial charge in [0.05, 0.1) is 0 Å². The average molecular weight is 461 g/mol. The summed E-state index contributed by atoms with van der Waals surface area (Å²) in [6, 6.07) is 0. The molecule has 0 saturated carbocycles. The van der Waals surface area contributed by atoms with E-state index in [0.717, 1.165) is 5.57 Å². The maximum absolute atomic E-state index is 3.83. The molecule has 0 bridgehead atoms. The SMILES string of the molecule is C=C(C)C(C)CC.C=CC(=C)C.C=CC(C)(C)CC.CC/C=C(/C)CC.CC/C=C(\C)CC. The van der Waals surface area contributed by atoms with Gasteiger partial charge in [0.2, 0.25) is 0 Å². The van der Waals surface area contributed by atoms with Crippen LogP contribution in [0.1, 0.15) is 129 Å². The smallest absolute Gasteiger partial charge is 0.0180 e. The van der Waals surface area contributed by atoms with Crippen molar-refractivity contribution in [2.75, 3.05) is 0 Å². The van der Waals surface area contributed by atoms with Gasteiger partial charge in [-0.25, -0.2) is 0 Å². The van der Waals surface area contributed by atoms with Crippen LogP contribution in [0.4, 0.5) is 0 Å². The third-order valence-electron chi connectivity index (χ3n) is 5.49. The molecule has 0 radical (unpaired) electrons. The number of hydrogen-bond acceptors (Lipinski definition) is 0. The van der Waals surface area contributed by atoms with Crippen LogP contribution in [0.3, 0.4) is 0 Å². The van der Waals surface area contributed by atoms with Crippen LogP contribution >= 0.6 is 0 Å². The Morgan fingerprint density at radius 3 is 1.12 bits per heavy atom. The summed E-state index contributed by atoms with van der Waals surface area (Å²) in [6.45, 7) is 42.5. The van der Waals surface area contributed by atoms with Crippen LogP contribution in [0, 0.1) is 11.3 Å². The van der Waals surface area contributed by atoms with Crippen LogP contribution in [0.5, 0.6) is 0 Å². The highest BCUT2D eigenvalue weighted by Crippen LogP contribution is 2.19. The summed E-state index contributed by atoms with van der Waals surface area (Å²) < 4.78 is 0. The predicted molar refractivity (Wildman–Crippen MR) is 162 cm³/mol. The van der Waals surface area contributed by atoms with Gasteiger partial charge in [0.25, 0.3) is 0 Å². The minimum Gasteiger partial charge on any atom is -0.103 e. The topological polar surface area (TPSA) is 0 Å². The maximum Gasteiger partial charge on any atom is -0.0180 e. The molecule has 0 nitrogen and oxygen atoms in total. The molecule has 0 amide bonds. The van der Waals surface area contributed by atoms with Gasteiger partial charge in [-0.05, 0) is 77.6 Å². The second kappa shape index (κ2) is 30.4. The van der Waals surface area contributed by atoms with E-state index in [4.69, 9.17) is 0 Å². The van der Waals surface area contributed by atoms with E-state index in [1.807, 2.05) is 13.0 Å². The van der Waals surface area contributed by atoms with Crippen molar-refractivity contribution < 1.29 is 0 Å². The Balaban J connectivity index is -0.0000000995. The number of hydrogen-bond donors (Lipinski definition) is 0. The first-order valence-electron chi connectivity index (χ1n) is 13.1. The van der Waals surface area contributed by atoms with Gasteiger partial charge >= 0.3 is 0 Å². The third-order valence-corrected chi connectivity index (χ3v) is 5.49. The van der Waals surface area contributed by atoms with Crippen molar-refractivity contribution in [1.29, 1.82) is 0 Å². The third kappa shape index (κ3) is 48.9. The van der Waals surface area contributed by atoms with Crippen LogP contribution in [0.2, 0.25) is 0 Å². The van der Waals surface area contributed by atoms with Crippen molar-refractivity contribution in [3.8, 4) is 0 Å². The molecule has 0 aromatic rings. The van der Waals surface area contributed by atoms with Crippen molar-refractivity contribution in [3.63, 3.8) is 0 Å². The summed E-state index contributed by atoms with van der Waals surface area (Å²) in [5, 5.41) is 0. The Labute approximate surface area is 212 Å². The second-order valence-electron chi connectivity index (χ2n) is 9.38. The lowest BCUT2D eigenvalue weighted by atomic mass is 9.91. The van der Waals surface area contributed by atoms with Crippen molar-refractivity contribution in [3.05, 3.63) is 72.9 Å². The van der Waals surface area contributed by atoms with Crippen LogP contribution in [-0.4, -0.2) is 0 Å². The van der Waals surface area contributed by atoms with E-state index >= 15 is 0 Å². The first kappa shape index (κ1) is 41.7. The van der Waals surface area contributed by atoms with E-state index < -0.39 is 0 Å². The highest BCUT2D eigenvalue weighted by molar-refractivity contribution is 5.06. The fourth-order valence-electron chi connectivity index (χ4n) is 1.48. The zero-order valence-corrected chi connectivity index (χ0v) is 25.5. The molecule has 0 heteroatoms. The van der Waals surface area contributed by atoms with Crippen molar-refractivity contribution >= 4 is 0 Å². The summed E-state index contributed by atoms with van der Waals surface area (Å²) in [7, 11) is 0. The Bertz CT molecular complexity index is 502. The van der Waals surface area contributed by atoms with Gasteiger partial charge in [-0.3, -0.25) is 0 Å². The molecule has 0 N–H and O–H groups in total. The molecule has 0 aromatic heterocycles. The number of allylic oxidation sites excluding steroid dienone is 8. The molecule has 0 aliphatic heterocycles. The van der Waals surface area contributed by atoms with Gasteiger partial charge in [-0.1, -0.05) is 129 Å². The quantitative estimate of drug-likeness (QED) is 0.237. The lowest BCUT2D eigenvalue weighted by Gasteiger charge is -2.14. The van der Waals surface area contributed by atoms with Gasteiger partial charge in [0.15, 0.2) is 0 Å². The second-order valence-corrected chi connectivity index (χ2v) is 9.38. The molecule has 0 aromatic carbocycles. The molecular formula is C33H64. The first-order valence-corrected chi connectivity index (χ1v) is 13.1. The van der Waals surface area contributed by atoms with Gasteiger partial charge < -0.3 is 0 Å². The molecule has 0 heterocycles. The summed E-state index contributed by atoms with van der Waals surface area (Å²) in [5.41, 5.74) is 5.66. The predicted octanol–water partition coefficient (Wildman–Crippen LogP) is 12.5. The van der Waals surface area contributed by atoms with E-state index in [1.54, 1.807) is 6.08 Å². The van der Waals surface area contributed by atoms with Gasteiger partial charge in [0.1, 0.15) is 0 Å². The fourth-order valence-corrected chi connectivity index (χ4v) is 1.48. The van der Waals surface area contributed by atoms with Gasteiger partial charge in [-0.15, -0.1) is 6.58 Å². The molecule has 0 aliphatic carbocycles. The Morgan fingerprint density at radius 2 is 1.09 bits per heavy atom. The van der Waals surface area contributed by atoms with E-state index in [9.17, 15) is 0 Å². The average Bonchev–Trinajstić information content (AvgIpc) is 2.80. The Morgan fingerprint density at radius 1 is 0.758 bits per heavy atom. The molecule has 196 valence electrons. The van der Waals surface area contributed by atoms with Crippen molar-refractivity contribution in [2.24, 2.45) is 11.3 Å². The molecule has 0 rings (SSSR count). The van der Waals surface area contributed by atoms with Gasteiger partial charge in [0, 0.05) is 0 Å². The molecule has 33 heavy (non-hydrogen) atoms. The summed E-state index contributed by atoms with van der Waals surface area (Å²) in [4.78, 5) is 0. The minimum atomic E-state index is 0.347. The van der Waals surface area contributed by atoms with Gasteiger partial charge in [-0.2, -0.15) is 0 Å². The number of rotatable bonds is 9. The minimum absolute atomic E-state index is 0.347. The Hall–Kier alpha value is -1.56. The normalized spacial score (nSPS) is 11.4. The van der Waals surface area contributed by atoms with Crippen molar-refractivity contribution in [1.82, 2.24) is 0 Å². The largest absolute Gasteiger partial charge is 0.103 e. The zero-order chi connectivity index (χ0) is 27.5. The van der Waals surface area contributed by atoms with E-state index in [0.29, 0.717) is 11.3 Å². The molecule has 1 atom stereocenters. The monoisotopic (exact) mass is 461 g/mol.